The van der Waals surface area contributed by atoms with E-state index in [4.69, 9.17) is 14.0 Å². The second-order valence-corrected chi connectivity index (χ2v) is 16.5. The number of carbonyl (C=O) groups excluding carboxylic acids is 1. The van der Waals surface area contributed by atoms with Crippen molar-refractivity contribution < 1.29 is 57.0 Å². The number of amides is 1. The first-order valence-electron chi connectivity index (χ1n) is 21.7. The van der Waals surface area contributed by atoms with Crippen LogP contribution in [-0.4, -0.2) is 107 Å². The summed E-state index contributed by atoms with van der Waals surface area (Å²) in [7, 11) is -5.09. The van der Waals surface area contributed by atoms with E-state index in [1.807, 2.05) is 6.92 Å². The van der Waals surface area contributed by atoms with Gasteiger partial charge in [-0.3, -0.25) is 9.35 Å². The fraction of sp³-hybridized carbons (Fsp3) is 0.927. The van der Waals surface area contributed by atoms with Crippen LogP contribution in [0.5, 0.6) is 0 Å². The lowest BCUT2D eigenvalue weighted by Gasteiger charge is -2.41. The average Bonchev–Trinajstić information content (AvgIpc) is 3.15. The molecule has 0 aliphatic carbocycles. The summed E-state index contributed by atoms with van der Waals surface area (Å²) >= 11 is 0. The minimum Gasteiger partial charge on any atom is -0.394 e. The van der Waals surface area contributed by atoms with Crippen molar-refractivity contribution in [3.8, 4) is 0 Å². The molecule has 0 radical (unpaired) electrons. The maximum Gasteiger partial charge on any atom is 0.397 e. The number of aliphatic hydroxyl groups is 5. The molecule has 14 heteroatoms. The second-order valence-electron chi connectivity index (χ2n) is 15.4. The van der Waals surface area contributed by atoms with Gasteiger partial charge in [0, 0.05) is 0 Å². The molecule has 0 aromatic heterocycles. The van der Waals surface area contributed by atoms with Crippen molar-refractivity contribution in [1.29, 1.82) is 0 Å². The zero-order valence-electron chi connectivity index (χ0n) is 34.1. The van der Waals surface area contributed by atoms with Crippen LogP contribution >= 0.6 is 0 Å². The molecule has 1 aliphatic heterocycles. The third kappa shape index (κ3) is 25.7. The maximum atomic E-state index is 12.9. The van der Waals surface area contributed by atoms with Gasteiger partial charge in [0.05, 0.1) is 25.4 Å². The molecular formula is C41H79NO12S. The van der Waals surface area contributed by atoms with Crippen molar-refractivity contribution in [2.24, 2.45) is 0 Å². The highest BCUT2D eigenvalue weighted by Crippen LogP contribution is 2.26. The lowest BCUT2D eigenvalue weighted by molar-refractivity contribution is -0.298. The van der Waals surface area contributed by atoms with E-state index < -0.39 is 78.5 Å². The maximum absolute atomic E-state index is 12.9. The van der Waals surface area contributed by atoms with Crippen LogP contribution < -0.4 is 5.32 Å². The fourth-order valence-electron chi connectivity index (χ4n) is 6.93. The number of nitrogens with one attached hydrogen (secondary N) is 1. The van der Waals surface area contributed by atoms with E-state index in [9.17, 15) is 38.7 Å². The Morgan fingerprint density at radius 2 is 1.16 bits per heavy atom. The van der Waals surface area contributed by atoms with E-state index in [0.717, 1.165) is 44.9 Å². The summed E-state index contributed by atoms with van der Waals surface area (Å²) in [6.45, 7) is 3.06. The van der Waals surface area contributed by atoms with Gasteiger partial charge in [-0.15, -0.1) is 0 Å². The molecule has 1 aliphatic rings. The predicted octanol–water partition coefficient (Wildman–Crippen LogP) is 6.58. The van der Waals surface area contributed by atoms with Crippen molar-refractivity contribution >= 4 is 16.3 Å². The van der Waals surface area contributed by atoms with Crippen LogP contribution in [0.2, 0.25) is 0 Å². The Hall–Kier alpha value is -1.20. The molecule has 0 saturated carbocycles. The Morgan fingerprint density at radius 3 is 1.65 bits per heavy atom. The van der Waals surface area contributed by atoms with Crippen molar-refractivity contribution in [3.05, 3.63) is 12.2 Å². The minimum absolute atomic E-state index is 0.254. The molecule has 326 valence electrons. The highest BCUT2D eigenvalue weighted by Gasteiger charge is 2.48. The molecule has 13 nitrogen and oxygen atoms in total. The molecule has 8 atom stereocenters. The monoisotopic (exact) mass is 810 g/mol. The first-order valence-corrected chi connectivity index (χ1v) is 23.0. The summed E-state index contributed by atoms with van der Waals surface area (Å²) in [4.78, 5) is 12.9. The quantitative estimate of drug-likeness (QED) is 0.0203. The highest BCUT2D eigenvalue weighted by molar-refractivity contribution is 7.80. The Bertz CT molecular complexity index is 1060. The lowest BCUT2D eigenvalue weighted by atomic mass is 9.99. The third-order valence-corrected chi connectivity index (χ3v) is 10.9. The standard InChI is InChI=1S/C41H79NO12S/c1-3-5-7-8-9-10-11-12-13-14-15-16-17-18-19-20-21-22-23-24-25-26-28-30-35(45)40(48)42-33(34(44)29-27-6-4-2)32-52-41-38(47)39(54-55(49,50)51)37(46)36(31-43)53-41/h18-19,33-39,41,43-47H,3-17,20-32H2,1-2H3,(H,42,48)(H,49,50,51)/b19-18-. The molecule has 1 heterocycles. The minimum atomic E-state index is -5.09. The van der Waals surface area contributed by atoms with Crippen molar-refractivity contribution in [1.82, 2.24) is 5.32 Å². The van der Waals surface area contributed by atoms with Gasteiger partial charge in [0.25, 0.3) is 0 Å². The third-order valence-electron chi connectivity index (χ3n) is 10.4. The van der Waals surface area contributed by atoms with Crippen LogP contribution in [0.4, 0.5) is 0 Å². The zero-order valence-corrected chi connectivity index (χ0v) is 34.9. The summed E-state index contributed by atoms with van der Waals surface area (Å²) < 4.78 is 47.0. The first kappa shape index (κ1) is 51.8. The average molecular weight is 810 g/mol. The van der Waals surface area contributed by atoms with Crippen molar-refractivity contribution in [2.75, 3.05) is 13.2 Å². The highest BCUT2D eigenvalue weighted by atomic mass is 32.3. The molecule has 1 amide bonds. The topological polar surface area (TPSA) is 212 Å². The molecule has 55 heavy (non-hydrogen) atoms. The summed E-state index contributed by atoms with van der Waals surface area (Å²) in [6.07, 6.45) is 22.6. The van der Waals surface area contributed by atoms with E-state index in [-0.39, 0.29) is 6.42 Å². The molecular weight excluding hydrogens is 731 g/mol. The van der Waals surface area contributed by atoms with E-state index >= 15 is 0 Å². The van der Waals surface area contributed by atoms with Crippen LogP contribution in [0.25, 0.3) is 0 Å². The molecule has 8 unspecified atom stereocenters. The van der Waals surface area contributed by atoms with Gasteiger partial charge in [0.2, 0.25) is 5.91 Å². The van der Waals surface area contributed by atoms with Crippen LogP contribution in [0.3, 0.4) is 0 Å². The fourth-order valence-corrected chi connectivity index (χ4v) is 7.44. The summed E-state index contributed by atoms with van der Waals surface area (Å²) in [5, 5.41) is 54.5. The van der Waals surface area contributed by atoms with E-state index in [1.165, 1.54) is 96.3 Å². The Kier molecular flexibility index (Phi) is 30.8. The number of hydrogen-bond donors (Lipinski definition) is 7. The number of ether oxygens (including phenoxy) is 2. The molecule has 1 rings (SSSR count). The van der Waals surface area contributed by atoms with Crippen molar-refractivity contribution in [2.45, 2.75) is 230 Å². The number of aliphatic hydroxyl groups excluding tert-OH is 5. The van der Waals surface area contributed by atoms with Crippen LogP contribution in [0.15, 0.2) is 12.2 Å². The van der Waals surface area contributed by atoms with Gasteiger partial charge in [-0.25, -0.2) is 4.18 Å². The second kappa shape index (κ2) is 32.7. The Labute approximate surface area is 333 Å². The molecule has 0 aromatic rings. The van der Waals surface area contributed by atoms with E-state index in [0.29, 0.717) is 19.3 Å². The van der Waals surface area contributed by atoms with Gasteiger partial charge in [-0.05, 0) is 38.5 Å². The molecule has 7 N–H and O–H groups in total. The molecule has 0 aromatic carbocycles. The Morgan fingerprint density at radius 1 is 0.709 bits per heavy atom. The predicted molar refractivity (Wildman–Crippen MR) is 215 cm³/mol. The zero-order chi connectivity index (χ0) is 40.7. The SMILES string of the molecule is CCCCCCCCCCCCCC/C=C\CCCCCCCCCC(O)C(=O)NC(COC1OC(CO)C(O)C(OS(=O)(=O)O)C1O)C(O)CCCCC. The largest absolute Gasteiger partial charge is 0.397 e. The first-order chi connectivity index (χ1) is 26.4. The van der Waals surface area contributed by atoms with Gasteiger partial charge in [-0.1, -0.05) is 154 Å². The van der Waals surface area contributed by atoms with Gasteiger partial charge >= 0.3 is 10.4 Å². The van der Waals surface area contributed by atoms with Gasteiger partial charge < -0.3 is 40.3 Å². The van der Waals surface area contributed by atoms with Crippen molar-refractivity contribution in [3.63, 3.8) is 0 Å². The van der Waals surface area contributed by atoms with Crippen LogP contribution in [-0.2, 0) is 28.9 Å². The number of unbranched alkanes of at least 4 members (excludes halogenated alkanes) is 21. The van der Waals surface area contributed by atoms with Gasteiger partial charge in [0.1, 0.15) is 30.5 Å². The number of hydrogen-bond acceptors (Lipinski definition) is 11. The molecule has 1 saturated heterocycles. The summed E-state index contributed by atoms with van der Waals surface area (Å²) in [6, 6.07) is -1.03. The van der Waals surface area contributed by atoms with E-state index in [2.05, 4.69) is 28.6 Å². The number of allylic oxidation sites excluding steroid dienone is 2. The Balaban J connectivity index is 2.28. The summed E-state index contributed by atoms with van der Waals surface area (Å²) in [5.41, 5.74) is 0. The number of carbonyl (C=O) groups is 1. The van der Waals surface area contributed by atoms with Gasteiger partial charge in [0.15, 0.2) is 6.29 Å². The molecule has 1 fully saturated rings. The molecule has 0 bridgehead atoms. The van der Waals surface area contributed by atoms with E-state index in [1.54, 1.807) is 0 Å². The molecule has 0 spiro atoms. The van der Waals surface area contributed by atoms with Crippen LogP contribution in [0.1, 0.15) is 181 Å². The lowest BCUT2D eigenvalue weighted by Crippen LogP contribution is -2.61. The normalized spacial score (nSPS) is 22.2. The van der Waals surface area contributed by atoms with Gasteiger partial charge in [-0.2, -0.15) is 8.42 Å². The summed E-state index contributed by atoms with van der Waals surface area (Å²) in [5.74, 6) is -0.684. The smallest absolute Gasteiger partial charge is 0.394 e. The van der Waals surface area contributed by atoms with Crippen LogP contribution in [0, 0.1) is 0 Å². The number of rotatable bonds is 36.